The molecule has 0 radical (unpaired) electrons. The molecule has 0 aliphatic heterocycles. The van der Waals surface area contributed by atoms with Crippen LogP contribution in [0.2, 0.25) is 0 Å². The molecule has 0 aliphatic rings. The minimum absolute atomic E-state index is 1.23. The first-order valence-electron chi connectivity index (χ1n) is 16.1. The van der Waals surface area contributed by atoms with Crippen molar-refractivity contribution in [2.45, 2.75) is 13.8 Å². The molecule has 0 N–H and O–H groups in total. The van der Waals surface area contributed by atoms with Gasteiger partial charge in [-0.2, -0.15) is 0 Å². The molecular weight excluding hydrogens is 553 g/mol. The standard InChI is InChI=1S/C46H32/c1-29-21-23-39-41(24-29)45(43-28-34-16-8-9-17-35(34)36-18-10-11-19-37(36)43)38-22-20-30(2)25-42(38)46(39)44-27-33-15-7-6-14-32(33)26-40(44)31-12-4-3-5-13-31/h3-28H,1-2H3. The highest BCUT2D eigenvalue weighted by atomic mass is 14.2. The van der Waals surface area contributed by atoms with Crippen molar-refractivity contribution in [3.8, 4) is 33.4 Å². The zero-order chi connectivity index (χ0) is 30.8. The van der Waals surface area contributed by atoms with Gasteiger partial charge in [-0.15, -0.1) is 0 Å². The van der Waals surface area contributed by atoms with Gasteiger partial charge < -0.3 is 0 Å². The summed E-state index contributed by atoms with van der Waals surface area (Å²) in [4.78, 5) is 0. The molecule has 0 unspecified atom stereocenters. The predicted molar refractivity (Wildman–Crippen MR) is 200 cm³/mol. The van der Waals surface area contributed by atoms with E-state index in [4.69, 9.17) is 0 Å². The molecule has 0 heterocycles. The number of aryl methyl sites for hydroxylation is 2. The molecule has 0 atom stereocenters. The summed E-state index contributed by atoms with van der Waals surface area (Å²) >= 11 is 0. The molecule has 0 amide bonds. The van der Waals surface area contributed by atoms with Crippen molar-refractivity contribution in [1.29, 1.82) is 0 Å². The lowest BCUT2D eigenvalue weighted by Gasteiger charge is -2.22. The van der Waals surface area contributed by atoms with E-state index >= 15 is 0 Å². The Hall–Kier alpha value is -5.72. The van der Waals surface area contributed by atoms with Crippen LogP contribution in [0.3, 0.4) is 0 Å². The van der Waals surface area contributed by atoms with Crippen LogP contribution in [0.5, 0.6) is 0 Å². The molecule has 0 heteroatoms. The minimum Gasteiger partial charge on any atom is -0.0622 e. The van der Waals surface area contributed by atoms with Crippen LogP contribution in [-0.2, 0) is 0 Å². The molecule has 0 aliphatic carbocycles. The second-order valence-electron chi connectivity index (χ2n) is 12.6. The predicted octanol–water partition coefficient (Wildman–Crippen LogP) is 13.1. The van der Waals surface area contributed by atoms with Gasteiger partial charge in [0.1, 0.15) is 0 Å². The molecular formula is C46H32. The van der Waals surface area contributed by atoms with E-state index in [1.807, 2.05) is 0 Å². The molecule has 0 fully saturated rings. The third-order valence-electron chi connectivity index (χ3n) is 9.70. The van der Waals surface area contributed by atoms with E-state index in [9.17, 15) is 0 Å². The van der Waals surface area contributed by atoms with E-state index in [2.05, 4.69) is 172 Å². The first-order chi connectivity index (χ1) is 22.6. The summed E-state index contributed by atoms with van der Waals surface area (Å²) in [5, 5.41) is 12.8. The highest BCUT2D eigenvalue weighted by molar-refractivity contribution is 6.26. The van der Waals surface area contributed by atoms with E-state index in [0.717, 1.165) is 0 Å². The van der Waals surface area contributed by atoms with Crippen molar-refractivity contribution in [3.63, 3.8) is 0 Å². The normalized spacial score (nSPS) is 11.7. The van der Waals surface area contributed by atoms with Crippen LogP contribution in [-0.4, -0.2) is 0 Å². The molecule has 0 bridgehead atoms. The smallest absolute Gasteiger partial charge is 0.00198 e. The van der Waals surface area contributed by atoms with Crippen LogP contribution < -0.4 is 0 Å². The zero-order valence-corrected chi connectivity index (χ0v) is 26.0. The number of benzene rings is 9. The maximum atomic E-state index is 2.42. The molecule has 9 rings (SSSR count). The molecule has 216 valence electrons. The summed E-state index contributed by atoms with van der Waals surface area (Å²) in [7, 11) is 0. The largest absolute Gasteiger partial charge is 0.0622 e. The van der Waals surface area contributed by atoms with Gasteiger partial charge in [-0.05, 0) is 119 Å². The Morgan fingerprint density at radius 3 is 1.41 bits per heavy atom. The Kier molecular flexibility index (Phi) is 6.05. The second kappa shape index (κ2) is 10.4. The number of rotatable bonds is 3. The third kappa shape index (κ3) is 4.15. The van der Waals surface area contributed by atoms with Crippen LogP contribution in [0.25, 0.3) is 87.2 Å². The fraction of sp³-hybridized carbons (Fsp3) is 0.0435. The summed E-state index contributed by atoms with van der Waals surface area (Å²) in [6, 6.07) is 58.6. The topological polar surface area (TPSA) is 0 Å². The van der Waals surface area contributed by atoms with E-state index in [1.165, 1.54) is 98.4 Å². The Labute approximate surface area is 269 Å². The van der Waals surface area contributed by atoms with Gasteiger partial charge >= 0.3 is 0 Å². The number of fused-ring (bicyclic) bond motifs is 6. The highest BCUT2D eigenvalue weighted by Crippen LogP contribution is 2.49. The summed E-state index contributed by atoms with van der Waals surface area (Å²) < 4.78 is 0. The van der Waals surface area contributed by atoms with E-state index in [0.29, 0.717) is 0 Å². The van der Waals surface area contributed by atoms with Gasteiger partial charge in [-0.25, -0.2) is 0 Å². The summed E-state index contributed by atoms with van der Waals surface area (Å²) in [5.74, 6) is 0. The molecule has 0 spiro atoms. The molecule has 0 nitrogen and oxygen atoms in total. The maximum Gasteiger partial charge on any atom is -0.00198 e. The molecule has 46 heavy (non-hydrogen) atoms. The molecule has 0 saturated carbocycles. The first kappa shape index (κ1) is 26.7. The third-order valence-corrected chi connectivity index (χ3v) is 9.70. The fourth-order valence-corrected chi connectivity index (χ4v) is 7.60. The van der Waals surface area contributed by atoms with Gasteiger partial charge in [-0.1, -0.05) is 151 Å². The fourth-order valence-electron chi connectivity index (χ4n) is 7.60. The summed E-state index contributed by atoms with van der Waals surface area (Å²) in [5.41, 5.74) is 10.2. The zero-order valence-electron chi connectivity index (χ0n) is 26.0. The van der Waals surface area contributed by atoms with Crippen LogP contribution in [0.15, 0.2) is 158 Å². The van der Waals surface area contributed by atoms with Crippen LogP contribution in [0.4, 0.5) is 0 Å². The molecule has 0 saturated heterocycles. The summed E-state index contributed by atoms with van der Waals surface area (Å²) in [6.45, 7) is 4.43. The van der Waals surface area contributed by atoms with Crippen molar-refractivity contribution >= 4 is 53.9 Å². The average Bonchev–Trinajstić information content (AvgIpc) is 3.10. The lowest BCUT2D eigenvalue weighted by Crippen LogP contribution is -1.95. The lowest BCUT2D eigenvalue weighted by atomic mass is 9.81. The average molecular weight is 585 g/mol. The molecule has 9 aromatic rings. The van der Waals surface area contributed by atoms with Crippen LogP contribution in [0.1, 0.15) is 11.1 Å². The van der Waals surface area contributed by atoms with Crippen LogP contribution in [0, 0.1) is 13.8 Å². The van der Waals surface area contributed by atoms with E-state index in [1.54, 1.807) is 0 Å². The van der Waals surface area contributed by atoms with Crippen molar-refractivity contribution in [2.75, 3.05) is 0 Å². The van der Waals surface area contributed by atoms with Crippen LogP contribution >= 0.6 is 0 Å². The number of hydrogen-bond acceptors (Lipinski definition) is 0. The van der Waals surface area contributed by atoms with Crippen molar-refractivity contribution in [2.24, 2.45) is 0 Å². The van der Waals surface area contributed by atoms with Crippen molar-refractivity contribution in [3.05, 3.63) is 169 Å². The minimum atomic E-state index is 1.23. The molecule has 9 aromatic carbocycles. The van der Waals surface area contributed by atoms with Crippen molar-refractivity contribution < 1.29 is 0 Å². The summed E-state index contributed by atoms with van der Waals surface area (Å²) in [6.07, 6.45) is 0. The molecule has 0 aromatic heterocycles. The quantitative estimate of drug-likeness (QED) is 0.143. The second-order valence-corrected chi connectivity index (χ2v) is 12.6. The van der Waals surface area contributed by atoms with Gasteiger partial charge in [0.05, 0.1) is 0 Å². The monoisotopic (exact) mass is 584 g/mol. The van der Waals surface area contributed by atoms with E-state index in [-0.39, 0.29) is 0 Å². The highest BCUT2D eigenvalue weighted by Gasteiger charge is 2.21. The van der Waals surface area contributed by atoms with Crippen molar-refractivity contribution in [1.82, 2.24) is 0 Å². The Morgan fingerprint density at radius 2 is 0.761 bits per heavy atom. The maximum absolute atomic E-state index is 2.42. The Bertz CT molecular complexity index is 2640. The van der Waals surface area contributed by atoms with E-state index < -0.39 is 0 Å². The number of hydrogen-bond donors (Lipinski definition) is 0. The van der Waals surface area contributed by atoms with Gasteiger partial charge in [0.25, 0.3) is 0 Å². The van der Waals surface area contributed by atoms with Gasteiger partial charge in [0, 0.05) is 0 Å². The Morgan fingerprint density at radius 1 is 0.283 bits per heavy atom. The first-order valence-corrected chi connectivity index (χ1v) is 16.1. The Balaban J connectivity index is 1.50. The van der Waals surface area contributed by atoms with Gasteiger partial charge in [-0.3, -0.25) is 0 Å². The lowest BCUT2D eigenvalue weighted by molar-refractivity contribution is 1.49. The van der Waals surface area contributed by atoms with Gasteiger partial charge in [0.2, 0.25) is 0 Å². The van der Waals surface area contributed by atoms with Gasteiger partial charge in [0.15, 0.2) is 0 Å². The SMILES string of the molecule is Cc1ccc2c(-c3cc4ccccc4c4ccccc34)c3cc(C)ccc3c(-c3cc4ccccc4cc3-c3ccccc3)c2c1.